The second-order valence-corrected chi connectivity index (χ2v) is 12.2. The Kier molecular flexibility index (Phi) is 11.0. The average molecular weight is 812 g/mol. The first-order chi connectivity index (χ1) is 25.6. The molecule has 6 N–H and O–H groups in total. The molecule has 0 fully saturated rings. The zero-order valence-corrected chi connectivity index (χ0v) is 28.1. The maximum Gasteiger partial charge on any atom is 0.411 e. The third-order valence-electron chi connectivity index (χ3n) is 8.61. The number of halogens is 12. The Hall–Kier alpha value is -6.15. The minimum atomic E-state index is -6.21. The molecule has 0 atom stereocenters. The Labute approximate surface area is 306 Å². The van der Waals surface area contributed by atoms with Crippen LogP contribution in [0.5, 0.6) is 17.2 Å². The second kappa shape index (κ2) is 14.5. The van der Waals surface area contributed by atoms with E-state index in [1.54, 1.807) is 0 Å². The first kappa shape index (κ1) is 42.6. The minimum Gasteiger partial charge on any atom is -0.506 e. The van der Waals surface area contributed by atoms with Crippen LogP contribution in [-0.4, -0.2) is 57.7 Å². The number of phenolic OH excluding ortho intramolecular Hbond substituents is 3. The highest BCUT2D eigenvalue weighted by Gasteiger charge is 2.73. The van der Waals surface area contributed by atoms with Crippen molar-refractivity contribution in [2.75, 3.05) is 16.0 Å². The Morgan fingerprint density at radius 2 is 0.821 bits per heavy atom. The van der Waals surface area contributed by atoms with Crippen molar-refractivity contribution in [3.05, 3.63) is 107 Å². The topological polar surface area (TPSA) is 148 Å². The highest BCUT2D eigenvalue weighted by molar-refractivity contribution is 6.09. The largest absolute Gasteiger partial charge is 0.506 e. The number of carbonyl (C=O) groups is 3. The number of benzene rings is 4. The second-order valence-electron chi connectivity index (χ2n) is 12.2. The van der Waals surface area contributed by atoms with Gasteiger partial charge in [-0.05, 0) is 78.2 Å². The molecule has 0 aliphatic rings. The molecule has 300 valence electrons. The van der Waals surface area contributed by atoms with Crippen LogP contribution in [0, 0.1) is 0 Å². The minimum absolute atomic E-state index is 0.154. The van der Waals surface area contributed by atoms with E-state index in [1.165, 1.54) is 0 Å². The summed E-state index contributed by atoms with van der Waals surface area (Å²) in [5, 5.41) is 36.2. The van der Waals surface area contributed by atoms with E-state index < -0.39 is 115 Å². The van der Waals surface area contributed by atoms with Gasteiger partial charge in [-0.2, -0.15) is 52.7 Å². The van der Waals surface area contributed by atoms with Crippen molar-refractivity contribution in [1.82, 2.24) is 0 Å². The smallest absolute Gasteiger partial charge is 0.411 e. The highest BCUT2D eigenvalue weighted by Crippen LogP contribution is 2.58. The number of rotatable bonds is 8. The van der Waals surface area contributed by atoms with Crippen LogP contribution in [0.1, 0.15) is 51.3 Å². The molecule has 0 saturated carbocycles. The Morgan fingerprint density at radius 3 is 1.16 bits per heavy atom. The maximum atomic E-state index is 14.8. The van der Waals surface area contributed by atoms with E-state index in [0.717, 1.165) is 31.2 Å². The van der Waals surface area contributed by atoms with Crippen molar-refractivity contribution in [3.8, 4) is 17.2 Å². The van der Waals surface area contributed by atoms with Crippen molar-refractivity contribution in [3.63, 3.8) is 0 Å². The van der Waals surface area contributed by atoms with Gasteiger partial charge in [-0.1, -0.05) is 24.3 Å². The normalized spacial score (nSPS) is 12.9. The van der Waals surface area contributed by atoms with Crippen LogP contribution in [0.2, 0.25) is 0 Å². The fourth-order valence-electron chi connectivity index (χ4n) is 5.54. The van der Waals surface area contributed by atoms with Gasteiger partial charge in [0.1, 0.15) is 17.2 Å². The summed E-state index contributed by atoms with van der Waals surface area (Å²) in [6, 6.07) is 6.55. The van der Waals surface area contributed by atoms with Gasteiger partial charge < -0.3 is 31.3 Å². The lowest BCUT2D eigenvalue weighted by molar-refractivity contribution is -0.297. The van der Waals surface area contributed by atoms with E-state index in [-0.39, 0.29) is 31.2 Å². The number of carbonyl (C=O) groups excluding carboxylic acids is 3. The van der Waals surface area contributed by atoms with Gasteiger partial charge in [-0.25, -0.2) is 0 Å². The standard InChI is InChI=1S/C35H25F12N3O6/c1-16(51)48-22-14-20(7-10-25(22)52)31(34(42,43)44,35(45,46)47)21-8-11-27(54)24(15-21)50-29(56)18-5-3-4-17(12-18)28(55)49-23-13-19(6-9-26(23)53)30(2,32(36,37)38)33(39,40)41/h3-15,52-54H,1-2H3,(H,48,51)(H,49,55)(H,50,56). The Bertz CT molecular complexity index is 2150. The van der Waals surface area contributed by atoms with Gasteiger partial charge in [0, 0.05) is 18.1 Å². The summed E-state index contributed by atoms with van der Waals surface area (Å²) in [4.78, 5) is 37.7. The first-order valence-corrected chi connectivity index (χ1v) is 15.3. The highest BCUT2D eigenvalue weighted by atomic mass is 19.4. The van der Waals surface area contributed by atoms with Crippen molar-refractivity contribution in [1.29, 1.82) is 0 Å². The zero-order chi connectivity index (χ0) is 42.4. The van der Waals surface area contributed by atoms with E-state index >= 15 is 0 Å². The lowest BCUT2D eigenvalue weighted by Crippen LogP contribution is -2.54. The molecule has 0 aliphatic heterocycles. The fraction of sp³-hybridized carbons (Fsp3) is 0.229. The molecular formula is C35H25F12N3O6. The van der Waals surface area contributed by atoms with Gasteiger partial charge in [0.15, 0.2) is 5.41 Å². The molecule has 0 spiro atoms. The number of nitrogens with one attached hydrogen (secondary N) is 3. The molecule has 0 saturated heterocycles. The summed E-state index contributed by atoms with van der Waals surface area (Å²) in [6.07, 6.45) is -24.2. The summed E-state index contributed by atoms with van der Waals surface area (Å²) in [7, 11) is 0. The van der Waals surface area contributed by atoms with Crippen LogP contribution in [0.15, 0.2) is 78.9 Å². The maximum absolute atomic E-state index is 14.8. The van der Waals surface area contributed by atoms with Crippen molar-refractivity contribution in [2.24, 2.45) is 0 Å². The van der Waals surface area contributed by atoms with Crippen LogP contribution >= 0.6 is 0 Å². The van der Waals surface area contributed by atoms with E-state index in [9.17, 15) is 82.4 Å². The molecule has 0 radical (unpaired) electrons. The van der Waals surface area contributed by atoms with Crippen LogP contribution < -0.4 is 16.0 Å². The van der Waals surface area contributed by atoms with E-state index in [1.807, 2.05) is 16.0 Å². The van der Waals surface area contributed by atoms with Gasteiger partial charge in [-0.3, -0.25) is 14.4 Å². The molecule has 21 heteroatoms. The molecule has 3 amide bonds. The fourth-order valence-corrected chi connectivity index (χ4v) is 5.54. The number of alkyl halides is 12. The molecule has 4 aromatic rings. The average Bonchev–Trinajstić information content (AvgIpc) is 3.06. The van der Waals surface area contributed by atoms with Gasteiger partial charge in [0.2, 0.25) is 11.3 Å². The molecule has 0 aromatic heterocycles. The number of amides is 3. The first-order valence-electron chi connectivity index (χ1n) is 15.3. The van der Waals surface area contributed by atoms with Crippen LogP contribution in [-0.2, 0) is 15.6 Å². The Balaban J connectivity index is 1.72. The number of anilines is 3. The summed E-state index contributed by atoms with van der Waals surface area (Å²) < 4.78 is 171. The molecule has 9 nitrogen and oxygen atoms in total. The molecule has 4 rings (SSSR count). The third-order valence-corrected chi connectivity index (χ3v) is 8.61. The lowest BCUT2D eigenvalue weighted by Gasteiger charge is -2.38. The summed E-state index contributed by atoms with van der Waals surface area (Å²) in [5.74, 6) is -6.52. The number of aromatic hydroxyl groups is 3. The Morgan fingerprint density at radius 1 is 0.482 bits per heavy atom. The van der Waals surface area contributed by atoms with E-state index in [0.29, 0.717) is 30.3 Å². The van der Waals surface area contributed by atoms with E-state index in [4.69, 9.17) is 0 Å². The number of phenols is 3. The molecule has 0 aliphatic carbocycles. The predicted molar refractivity (Wildman–Crippen MR) is 173 cm³/mol. The molecule has 0 heterocycles. The van der Waals surface area contributed by atoms with Crippen molar-refractivity contribution in [2.45, 2.75) is 49.4 Å². The van der Waals surface area contributed by atoms with Crippen LogP contribution in [0.25, 0.3) is 0 Å². The van der Waals surface area contributed by atoms with Gasteiger partial charge in [0.25, 0.3) is 11.8 Å². The SMILES string of the molecule is CC(=O)Nc1cc(C(c2ccc(O)c(NC(=O)c3cccc(C(=O)Nc4cc(C(C)(C(F)(F)F)C(F)(F)F)ccc4O)c3)c2)(C(F)(F)F)C(F)(F)F)ccc1O. The quantitative estimate of drug-likeness (QED) is 0.0773. The van der Waals surface area contributed by atoms with Crippen LogP contribution in [0.3, 0.4) is 0 Å². The zero-order valence-electron chi connectivity index (χ0n) is 28.1. The van der Waals surface area contributed by atoms with Crippen molar-refractivity contribution < 1.29 is 82.4 Å². The summed E-state index contributed by atoms with van der Waals surface area (Å²) in [5.41, 5.74) is -17.8. The summed E-state index contributed by atoms with van der Waals surface area (Å²) in [6.45, 7) is 0.704. The van der Waals surface area contributed by atoms with Crippen molar-refractivity contribution >= 4 is 34.8 Å². The lowest BCUT2D eigenvalue weighted by atomic mass is 9.72. The monoisotopic (exact) mass is 811 g/mol. The van der Waals surface area contributed by atoms with Crippen LogP contribution in [0.4, 0.5) is 69.7 Å². The van der Waals surface area contributed by atoms with Gasteiger partial charge in [-0.15, -0.1) is 0 Å². The molecule has 4 aromatic carbocycles. The molecule has 0 bridgehead atoms. The number of hydrogen-bond acceptors (Lipinski definition) is 6. The summed E-state index contributed by atoms with van der Waals surface area (Å²) >= 11 is 0. The molecule has 0 unspecified atom stereocenters. The van der Waals surface area contributed by atoms with Gasteiger partial charge in [0.05, 0.1) is 17.1 Å². The predicted octanol–water partition coefficient (Wildman–Crippen LogP) is 9.06. The molecule has 56 heavy (non-hydrogen) atoms. The van der Waals surface area contributed by atoms with E-state index in [2.05, 4.69) is 0 Å². The molecular weight excluding hydrogens is 786 g/mol. The van der Waals surface area contributed by atoms with Gasteiger partial charge >= 0.3 is 24.7 Å². The number of hydrogen-bond donors (Lipinski definition) is 6. The third kappa shape index (κ3) is 7.69.